The maximum absolute atomic E-state index is 13.1. The molecule has 2 N–H and O–H groups in total. The molecule has 160 valence electrons. The molecule has 3 aromatic rings. The summed E-state index contributed by atoms with van der Waals surface area (Å²) in [6.45, 7) is 2.19. The summed E-state index contributed by atoms with van der Waals surface area (Å²) in [6, 6.07) is 8.72. The molecule has 7 nitrogen and oxygen atoms in total. The molecule has 31 heavy (non-hydrogen) atoms. The predicted molar refractivity (Wildman–Crippen MR) is 119 cm³/mol. The fraction of sp³-hybridized carbons (Fsp3) is 0.261. The number of carbonyl (C=O) groups excluding carboxylic acids is 1. The van der Waals surface area contributed by atoms with Crippen molar-refractivity contribution in [3.05, 3.63) is 68.6 Å². The van der Waals surface area contributed by atoms with Gasteiger partial charge in [-0.05, 0) is 36.6 Å². The number of ether oxygens (including phenoxy) is 1. The molecule has 2 aromatic heterocycles. The second-order valence-corrected chi connectivity index (χ2v) is 7.21. The monoisotopic (exact) mass is 439 g/mol. The number of pyridine rings is 2. The number of aliphatic hydroxyl groups is 1. The van der Waals surface area contributed by atoms with E-state index < -0.39 is 0 Å². The molecule has 0 aliphatic carbocycles. The molecule has 0 unspecified atom stereocenters. The number of carbonyl (C=O) groups is 1. The summed E-state index contributed by atoms with van der Waals surface area (Å²) >= 11 is 5.87. The molecule has 0 aliphatic rings. The first-order valence-electron chi connectivity index (χ1n) is 9.69. The van der Waals surface area contributed by atoms with Crippen molar-refractivity contribution in [2.24, 2.45) is 7.05 Å². The third kappa shape index (κ3) is 5.43. The Balaban J connectivity index is 1.91. The second-order valence-electron chi connectivity index (χ2n) is 6.78. The molecule has 0 aliphatic heterocycles. The summed E-state index contributed by atoms with van der Waals surface area (Å²) in [5.41, 5.74) is 1.80. The zero-order chi connectivity index (χ0) is 22.4. The number of fused-ring (bicyclic) bond motifs is 1. The Morgan fingerprint density at radius 2 is 2.06 bits per heavy atom. The minimum absolute atomic E-state index is 0.0693. The molecule has 1 amide bonds. The fourth-order valence-corrected chi connectivity index (χ4v) is 3.28. The summed E-state index contributed by atoms with van der Waals surface area (Å²) in [7, 11) is 1.76. The number of nitrogens with zero attached hydrogens (tertiary/aromatic N) is 2. The van der Waals surface area contributed by atoms with Gasteiger partial charge in [-0.15, -0.1) is 0 Å². The molecule has 2 heterocycles. The molecule has 0 bridgehead atoms. The average molecular weight is 440 g/mol. The first-order chi connectivity index (χ1) is 14.9. The van der Waals surface area contributed by atoms with Crippen LogP contribution >= 0.6 is 11.6 Å². The number of amides is 1. The fourth-order valence-electron chi connectivity index (χ4n) is 3.15. The highest BCUT2D eigenvalue weighted by Gasteiger charge is 2.16. The van der Waals surface area contributed by atoms with E-state index in [-0.39, 0.29) is 30.2 Å². The molecular formula is C23H22ClN3O4. The highest BCUT2D eigenvalue weighted by molar-refractivity contribution is 6.30. The standard InChI is InChI=1S/C23H22ClN3O4/c1-3-31-23-21-19(12-18(26-23)5-4-10-28)22(30)16(14-27(21)2)11-20(29)25-13-15-6-8-17(24)9-7-15/h6-9,12,14,28H,3,10-11,13H2,1-2H3,(H,25,29). The largest absolute Gasteiger partial charge is 0.476 e. The van der Waals surface area contributed by atoms with E-state index in [1.807, 2.05) is 19.1 Å². The van der Waals surface area contributed by atoms with Crippen LogP contribution in [0.3, 0.4) is 0 Å². The van der Waals surface area contributed by atoms with E-state index in [0.29, 0.717) is 40.3 Å². The van der Waals surface area contributed by atoms with Crippen LogP contribution in [0.5, 0.6) is 5.88 Å². The lowest BCUT2D eigenvalue weighted by atomic mass is 10.1. The zero-order valence-corrected chi connectivity index (χ0v) is 18.0. The van der Waals surface area contributed by atoms with Crippen molar-refractivity contribution in [1.82, 2.24) is 14.9 Å². The normalized spacial score (nSPS) is 10.5. The van der Waals surface area contributed by atoms with Crippen molar-refractivity contribution >= 4 is 28.4 Å². The average Bonchev–Trinajstić information content (AvgIpc) is 2.75. The van der Waals surface area contributed by atoms with Crippen LogP contribution in [0, 0.1) is 11.8 Å². The summed E-state index contributed by atoms with van der Waals surface area (Å²) in [5.74, 6) is 5.23. The van der Waals surface area contributed by atoms with E-state index in [4.69, 9.17) is 21.4 Å². The van der Waals surface area contributed by atoms with Crippen molar-refractivity contribution in [1.29, 1.82) is 0 Å². The summed E-state index contributed by atoms with van der Waals surface area (Å²) < 4.78 is 7.32. The van der Waals surface area contributed by atoms with E-state index in [0.717, 1.165) is 5.56 Å². The zero-order valence-electron chi connectivity index (χ0n) is 17.2. The Morgan fingerprint density at radius 1 is 1.32 bits per heavy atom. The van der Waals surface area contributed by atoms with Gasteiger partial charge in [0.15, 0.2) is 5.43 Å². The predicted octanol–water partition coefficient (Wildman–Crippen LogP) is 2.19. The number of rotatable bonds is 6. The van der Waals surface area contributed by atoms with Gasteiger partial charge in [0.05, 0.1) is 18.4 Å². The number of nitrogens with one attached hydrogen (secondary N) is 1. The van der Waals surface area contributed by atoms with Crippen LogP contribution in [0.4, 0.5) is 0 Å². The molecule has 3 rings (SSSR count). The van der Waals surface area contributed by atoms with Crippen LogP contribution < -0.4 is 15.5 Å². The van der Waals surface area contributed by atoms with Crippen LogP contribution in [0.25, 0.3) is 10.9 Å². The minimum Gasteiger partial charge on any atom is -0.476 e. The Labute approximate surface area is 184 Å². The summed E-state index contributed by atoms with van der Waals surface area (Å²) in [6.07, 6.45) is 1.55. The lowest BCUT2D eigenvalue weighted by molar-refractivity contribution is -0.120. The van der Waals surface area contributed by atoms with Gasteiger partial charge in [-0.2, -0.15) is 0 Å². The van der Waals surface area contributed by atoms with Crippen molar-refractivity contribution in [3.8, 4) is 17.7 Å². The molecule has 1 aromatic carbocycles. The number of aliphatic hydroxyl groups excluding tert-OH is 1. The Kier molecular flexibility index (Phi) is 7.29. The maximum Gasteiger partial charge on any atom is 0.239 e. The Morgan fingerprint density at radius 3 is 2.74 bits per heavy atom. The van der Waals surface area contributed by atoms with Gasteiger partial charge in [-0.3, -0.25) is 9.59 Å². The summed E-state index contributed by atoms with van der Waals surface area (Å²) in [5, 5.41) is 12.7. The van der Waals surface area contributed by atoms with Gasteiger partial charge >= 0.3 is 0 Å². The van der Waals surface area contributed by atoms with Gasteiger partial charge in [0.1, 0.15) is 17.8 Å². The van der Waals surface area contributed by atoms with E-state index in [2.05, 4.69) is 22.1 Å². The quantitative estimate of drug-likeness (QED) is 0.574. The number of benzene rings is 1. The minimum atomic E-state index is -0.324. The molecule has 0 atom stereocenters. The smallest absolute Gasteiger partial charge is 0.239 e. The van der Waals surface area contributed by atoms with Gasteiger partial charge in [-0.1, -0.05) is 29.7 Å². The van der Waals surface area contributed by atoms with Crippen molar-refractivity contribution in [2.75, 3.05) is 13.2 Å². The lowest BCUT2D eigenvalue weighted by Gasteiger charge is -2.13. The van der Waals surface area contributed by atoms with Crippen LogP contribution in [0.15, 0.2) is 41.3 Å². The third-order valence-electron chi connectivity index (χ3n) is 4.53. The number of hydrogen-bond donors (Lipinski definition) is 2. The Hall–Kier alpha value is -3.34. The number of aromatic nitrogens is 2. The van der Waals surface area contributed by atoms with E-state index in [1.54, 1.807) is 36.0 Å². The van der Waals surface area contributed by atoms with Crippen LogP contribution in [0.2, 0.25) is 5.02 Å². The first kappa shape index (κ1) is 22.3. The SMILES string of the molecule is CCOc1nc(C#CCO)cc2c(=O)c(CC(=O)NCc3ccc(Cl)cc3)cn(C)c12. The van der Waals surface area contributed by atoms with E-state index in [9.17, 15) is 9.59 Å². The molecular weight excluding hydrogens is 418 g/mol. The molecule has 0 spiro atoms. The topological polar surface area (TPSA) is 93.5 Å². The lowest BCUT2D eigenvalue weighted by Crippen LogP contribution is -2.27. The molecule has 0 saturated heterocycles. The first-order valence-corrected chi connectivity index (χ1v) is 10.1. The number of aryl methyl sites for hydroxylation is 1. The summed E-state index contributed by atoms with van der Waals surface area (Å²) in [4.78, 5) is 29.9. The van der Waals surface area contributed by atoms with E-state index >= 15 is 0 Å². The van der Waals surface area contributed by atoms with Crippen molar-refractivity contribution in [2.45, 2.75) is 19.9 Å². The van der Waals surface area contributed by atoms with Gasteiger partial charge in [0, 0.05) is 30.4 Å². The maximum atomic E-state index is 13.1. The number of halogens is 1. The van der Waals surface area contributed by atoms with Crippen LogP contribution in [0.1, 0.15) is 23.7 Å². The highest BCUT2D eigenvalue weighted by Crippen LogP contribution is 2.23. The van der Waals surface area contributed by atoms with Gasteiger partial charge < -0.3 is 19.7 Å². The van der Waals surface area contributed by atoms with Crippen LogP contribution in [-0.2, 0) is 24.8 Å². The highest BCUT2D eigenvalue weighted by atomic mass is 35.5. The molecule has 0 fully saturated rings. The van der Waals surface area contributed by atoms with E-state index in [1.165, 1.54) is 0 Å². The molecule has 0 radical (unpaired) electrons. The molecule has 0 saturated carbocycles. The van der Waals surface area contributed by atoms with Crippen molar-refractivity contribution in [3.63, 3.8) is 0 Å². The van der Waals surface area contributed by atoms with Crippen LogP contribution in [-0.4, -0.2) is 33.8 Å². The van der Waals surface area contributed by atoms with Gasteiger partial charge in [0.25, 0.3) is 0 Å². The number of hydrogen-bond acceptors (Lipinski definition) is 5. The van der Waals surface area contributed by atoms with Gasteiger partial charge in [-0.25, -0.2) is 4.98 Å². The van der Waals surface area contributed by atoms with Crippen molar-refractivity contribution < 1.29 is 14.6 Å². The third-order valence-corrected chi connectivity index (χ3v) is 4.78. The Bertz CT molecular complexity index is 1220. The second kappa shape index (κ2) is 10.1. The van der Waals surface area contributed by atoms with Gasteiger partial charge in [0.2, 0.25) is 11.8 Å². The molecule has 8 heteroatoms.